The van der Waals surface area contributed by atoms with Crippen LogP contribution in [0.3, 0.4) is 0 Å². The van der Waals surface area contributed by atoms with E-state index in [0.29, 0.717) is 17.9 Å². The maximum atomic E-state index is 13.6. The molecule has 2 aromatic carbocycles. The van der Waals surface area contributed by atoms with E-state index in [-0.39, 0.29) is 5.60 Å². The second-order valence-electron chi connectivity index (χ2n) is 7.29. The zero-order valence-electron chi connectivity index (χ0n) is 16.3. The SMILES string of the molecule is CC(OC(=O)COc1cccc2c1OC(C)(C)C2)C(=O)Nc1c(F)cccc1F. The van der Waals surface area contributed by atoms with Crippen molar-refractivity contribution in [3.05, 3.63) is 53.6 Å². The van der Waals surface area contributed by atoms with Gasteiger partial charge >= 0.3 is 5.97 Å². The monoisotopic (exact) mass is 405 g/mol. The van der Waals surface area contributed by atoms with Crippen LogP contribution < -0.4 is 14.8 Å². The molecule has 1 unspecified atom stereocenters. The van der Waals surface area contributed by atoms with Crippen molar-refractivity contribution < 1.29 is 32.6 Å². The molecule has 0 aromatic heterocycles. The molecule has 154 valence electrons. The smallest absolute Gasteiger partial charge is 0.344 e. The van der Waals surface area contributed by atoms with Crippen LogP contribution in [0, 0.1) is 11.6 Å². The van der Waals surface area contributed by atoms with Gasteiger partial charge in [0.05, 0.1) is 0 Å². The molecule has 1 heterocycles. The molecule has 8 heteroatoms. The highest BCUT2D eigenvalue weighted by atomic mass is 19.1. The molecule has 0 saturated carbocycles. The number of hydrogen-bond acceptors (Lipinski definition) is 5. The van der Waals surface area contributed by atoms with Gasteiger partial charge in [-0.25, -0.2) is 13.6 Å². The molecule has 0 fully saturated rings. The summed E-state index contributed by atoms with van der Waals surface area (Å²) in [5.74, 6) is -2.56. The van der Waals surface area contributed by atoms with Crippen LogP contribution in [0.15, 0.2) is 36.4 Å². The van der Waals surface area contributed by atoms with Gasteiger partial charge in [0.1, 0.15) is 22.9 Å². The van der Waals surface area contributed by atoms with E-state index < -0.39 is 41.9 Å². The predicted molar refractivity (Wildman–Crippen MR) is 101 cm³/mol. The zero-order chi connectivity index (χ0) is 21.2. The number of nitrogens with one attached hydrogen (secondary N) is 1. The molecule has 1 aliphatic rings. The third-order valence-electron chi connectivity index (χ3n) is 4.29. The Morgan fingerprint density at radius 2 is 1.83 bits per heavy atom. The maximum Gasteiger partial charge on any atom is 0.344 e. The summed E-state index contributed by atoms with van der Waals surface area (Å²) in [6.07, 6.45) is -0.560. The summed E-state index contributed by atoms with van der Waals surface area (Å²) in [5, 5.41) is 2.07. The summed E-state index contributed by atoms with van der Waals surface area (Å²) < 4.78 is 43.6. The van der Waals surface area contributed by atoms with Crippen molar-refractivity contribution in [2.45, 2.75) is 38.9 Å². The van der Waals surface area contributed by atoms with Gasteiger partial charge in [-0.05, 0) is 39.0 Å². The van der Waals surface area contributed by atoms with Gasteiger partial charge < -0.3 is 19.5 Å². The van der Waals surface area contributed by atoms with Crippen LogP contribution in [0.5, 0.6) is 11.5 Å². The normalized spacial score (nSPS) is 15.1. The maximum absolute atomic E-state index is 13.6. The first-order valence-electron chi connectivity index (χ1n) is 9.04. The first-order chi connectivity index (χ1) is 13.7. The Balaban J connectivity index is 1.55. The highest BCUT2D eigenvalue weighted by molar-refractivity contribution is 5.95. The number of carbonyl (C=O) groups is 2. The van der Waals surface area contributed by atoms with Crippen molar-refractivity contribution in [2.24, 2.45) is 0 Å². The number of anilines is 1. The fraction of sp³-hybridized carbons (Fsp3) is 0.333. The molecule has 2 aromatic rings. The van der Waals surface area contributed by atoms with E-state index in [1.54, 1.807) is 12.1 Å². The Labute approximate surface area is 166 Å². The molecule has 1 atom stereocenters. The standard InChI is InChI=1S/C21H21F2NO5/c1-12(20(26)24-18-14(22)7-5-8-15(18)23)28-17(25)11-27-16-9-4-6-13-10-21(2,3)29-19(13)16/h4-9,12H,10-11H2,1-3H3,(H,24,26). The minimum absolute atomic E-state index is 0.364. The topological polar surface area (TPSA) is 73.9 Å². The molecular formula is C21H21F2NO5. The van der Waals surface area contributed by atoms with Crippen LogP contribution in [0.25, 0.3) is 0 Å². The summed E-state index contributed by atoms with van der Waals surface area (Å²) in [7, 11) is 0. The van der Waals surface area contributed by atoms with Crippen LogP contribution >= 0.6 is 0 Å². The number of amides is 1. The molecule has 29 heavy (non-hydrogen) atoms. The predicted octanol–water partition coefficient (Wildman–Crippen LogP) is 3.63. The van der Waals surface area contributed by atoms with Crippen molar-refractivity contribution in [1.29, 1.82) is 0 Å². The fourth-order valence-electron chi connectivity index (χ4n) is 2.96. The number of carbonyl (C=O) groups excluding carboxylic acids is 2. The number of ether oxygens (including phenoxy) is 3. The largest absolute Gasteiger partial charge is 0.483 e. The summed E-state index contributed by atoms with van der Waals surface area (Å²) in [4.78, 5) is 24.1. The first kappa shape index (κ1) is 20.6. The summed E-state index contributed by atoms with van der Waals surface area (Å²) in [6, 6.07) is 8.57. The lowest BCUT2D eigenvalue weighted by Gasteiger charge is -2.18. The number of para-hydroxylation sites is 2. The molecule has 0 spiro atoms. The Bertz CT molecular complexity index is 924. The molecule has 0 bridgehead atoms. The average Bonchev–Trinajstić information content (AvgIpc) is 2.97. The van der Waals surface area contributed by atoms with Gasteiger partial charge in [0.15, 0.2) is 24.2 Å². The quantitative estimate of drug-likeness (QED) is 0.743. The summed E-state index contributed by atoms with van der Waals surface area (Å²) >= 11 is 0. The average molecular weight is 405 g/mol. The first-order valence-corrected chi connectivity index (χ1v) is 9.04. The number of fused-ring (bicyclic) bond motifs is 1. The number of esters is 1. The van der Waals surface area contributed by atoms with Crippen molar-refractivity contribution >= 4 is 17.6 Å². The molecule has 1 N–H and O–H groups in total. The Hall–Kier alpha value is -3.16. The minimum atomic E-state index is -1.28. The second-order valence-corrected chi connectivity index (χ2v) is 7.29. The molecule has 0 aliphatic carbocycles. The lowest BCUT2D eigenvalue weighted by Crippen LogP contribution is -2.32. The van der Waals surface area contributed by atoms with E-state index in [4.69, 9.17) is 14.2 Å². The minimum Gasteiger partial charge on any atom is -0.483 e. The molecule has 1 amide bonds. The van der Waals surface area contributed by atoms with Gasteiger partial charge in [0, 0.05) is 12.0 Å². The highest BCUT2D eigenvalue weighted by Gasteiger charge is 2.32. The van der Waals surface area contributed by atoms with Crippen molar-refractivity contribution in [1.82, 2.24) is 0 Å². The summed E-state index contributed by atoms with van der Waals surface area (Å²) in [6.45, 7) is 4.73. The lowest BCUT2D eigenvalue weighted by atomic mass is 10.0. The van der Waals surface area contributed by atoms with Crippen LogP contribution in [0.2, 0.25) is 0 Å². The van der Waals surface area contributed by atoms with Crippen LogP contribution in [0.1, 0.15) is 26.3 Å². The van der Waals surface area contributed by atoms with E-state index in [9.17, 15) is 18.4 Å². The third-order valence-corrected chi connectivity index (χ3v) is 4.29. The number of halogens is 2. The molecule has 1 aliphatic heterocycles. The Morgan fingerprint density at radius 1 is 1.17 bits per heavy atom. The van der Waals surface area contributed by atoms with Gasteiger partial charge in [-0.2, -0.15) is 0 Å². The Kier molecular flexibility index (Phi) is 5.72. The van der Waals surface area contributed by atoms with Gasteiger partial charge in [-0.1, -0.05) is 18.2 Å². The van der Waals surface area contributed by atoms with Gasteiger partial charge in [0.25, 0.3) is 5.91 Å². The van der Waals surface area contributed by atoms with Gasteiger partial charge in [-0.3, -0.25) is 4.79 Å². The van der Waals surface area contributed by atoms with Crippen molar-refractivity contribution in [3.63, 3.8) is 0 Å². The van der Waals surface area contributed by atoms with E-state index in [0.717, 1.165) is 17.7 Å². The lowest BCUT2D eigenvalue weighted by molar-refractivity contribution is -0.155. The van der Waals surface area contributed by atoms with Crippen LogP contribution in [-0.2, 0) is 20.7 Å². The van der Waals surface area contributed by atoms with Gasteiger partial charge in [0.2, 0.25) is 0 Å². The third kappa shape index (κ3) is 4.82. The second kappa shape index (κ2) is 8.06. The van der Waals surface area contributed by atoms with E-state index in [2.05, 4.69) is 5.32 Å². The molecule has 0 saturated heterocycles. The fourth-order valence-corrected chi connectivity index (χ4v) is 2.96. The number of hydrogen-bond donors (Lipinski definition) is 1. The van der Waals surface area contributed by atoms with Crippen molar-refractivity contribution in [2.75, 3.05) is 11.9 Å². The zero-order valence-corrected chi connectivity index (χ0v) is 16.3. The summed E-state index contributed by atoms with van der Waals surface area (Å²) in [5.41, 5.74) is 0.00783. The highest BCUT2D eigenvalue weighted by Crippen LogP contribution is 2.41. The number of rotatable bonds is 6. The van der Waals surface area contributed by atoms with Crippen molar-refractivity contribution in [3.8, 4) is 11.5 Å². The molecule has 3 rings (SSSR count). The van der Waals surface area contributed by atoms with Crippen LogP contribution in [0.4, 0.5) is 14.5 Å². The van der Waals surface area contributed by atoms with E-state index >= 15 is 0 Å². The molecular weight excluding hydrogens is 384 g/mol. The van der Waals surface area contributed by atoms with Gasteiger partial charge in [-0.15, -0.1) is 0 Å². The Morgan fingerprint density at radius 3 is 2.52 bits per heavy atom. The molecule has 0 radical (unpaired) electrons. The van der Waals surface area contributed by atoms with Crippen LogP contribution in [-0.4, -0.2) is 30.2 Å². The number of benzene rings is 2. The van der Waals surface area contributed by atoms with E-state index in [1.807, 2.05) is 19.9 Å². The van der Waals surface area contributed by atoms with E-state index in [1.165, 1.54) is 13.0 Å². The molecule has 6 nitrogen and oxygen atoms in total.